The number of rotatable bonds is 2. The minimum Gasteiger partial charge on any atom is -0.379 e. The number of amides is 2. The van der Waals surface area contributed by atoms with Gasteiger partial charge in [0.1, 0.15) is 17.7 Å². The molecule has 0 aliphatic carbocycles. The lowest BCUT2D eigenvalue weighted by molar-refractivity contribution is -0.122. The summed E-state index contributed by atoms with van der Waals surface area (Å²) in [5.41, 5.74) is 1.27. The van der Waals surface area contributed by atoms with Crippen LogP contribution in [0.1, 0.15) is 16.8 Å². The van der Waals surface area contributed by atoms with Gasteiger partial charge in [-0.15, -0.1) is 0 Å². The van der Waals surface area contributed by atoms with Crippen LogP contribution >= 0.6 is 0 Å². The van der Waals surface area contributed by atoms with E-state index in [1.807, 2.05) is 0 Å². The van der Waals surface area contributed by atoms with Gasteiger partial charge in [-0.3, -0.25) is 9.59 Å². The van der Waals surface area contributed by atoms with Gasteiger partial charge in [0.15, 0.2) is 0 Å². The van der Waals surface area contributed by atoms with Crippen LogP contribution in [-0.2, 0) is 9.53 Å². The first-order chi connectivity index (χ1) is 12.5. The molecule has 0 unspecified atom stereocenters. The summed E-state index contributed by atoms with van der Waals surface area (Å²) in [6.07, 6.45) is 0.212. The smallest absolute Gasteiger partial charge is 0.256 e. The van der Waals surface area contributed by atoms with Gasteiger partial charge in [-0.25, -0.2) is 8.78 Å². The molecule has 2 amide bonds. The maximum atomic E-state index is 14.1. The summed E-state index contributed by atoms with van der Waals surface area (Å²) in [5.74, 6) is -2.00. The third-order valence-corrected chi connectivity index (χ3v) is 4.92. The maximum Gasteiger partial charge on any atom is 0.256 e. The second-order valence-corrected chi connectivity index (χ2v) is 6.38. The molecule has 2 aromatic rings. The van der Waals surface area contributed by atoms with Crippen LogP contribution in [0.4, 0.5) is 14.5 Å². The highest BCUT2D eigenvalue weighted by atomic mass is 19.1. The van der Waals surface area contributed by atoms with Gasteiger partial charge in [0, 0.05) is 25.3 Å². The van der Waals surface area contributed by atoms with Crippen LogP contribution in [0.15, 0.2) is 36.4 Å². The van der Waals surface area contributed by atoms with E-state index in [0.717, 1.165) is 12.1 Å². The van der Waals surface area contributed by atoms with Gasteiger partial charge in [0.25, 0.3) is 5.91 Å². The highest BCUT2D eigenvalue weighted by Gasteiger charge is 2.45. The number of anilines is 1. The number of nitrogens with one attached hydrogen (secondary N) is 1. The standard InChI is InChI=1S/C19H16F2N2O3/c1-26-16-6-7-23-17(16)18(24)22-15-5-2-10(8-13(15)19(23)25)12-4-3-11(20)9-14(12)21/h2-5,8-9,16-17H,6-7H2,1H3,(H,22,24)/t16-,17+/m1/s1. The molecule has 2 aromatic carbocycles. The molecule has 2 aliphatic rings. The second kappa shape index (κ2) is 6.17. The van der Waals surface area contributed by atoms with Gasteiger partial charge < -0.3 is 15.0 Å². The Hall–Kier alpha value is -2.80. The number of hydrogen-bond donors (Lipinski definition) is 1. The van der Waals surface area contributed by atoms with Gasteiger partial charge in [-0.05, 0) is 36.2 Å². The van der Waals surface area contributed by atoms with E-state index in [9.17, 15) is 18.4 Å². The van der Waals surface area contributed by atoms with Crippen molar-refractivity contribution in [3.05, 3.63) is 53.6 Å². The number of halogens is 2. The van der Waals surface area contributed by atoms with E-state index < -0.39 is 17.7 Å². The number of benzene rings is 2. The van der Waals surface area contributed by atoms with E-state index in [0.29, 0.717) is 24.2 Å². The number of methoxy groups -OCH3 is 1. The predicted molar refractivity (Wildman–Crippen MR) is 90.7 cm³/mol. The molecular weight excluding hydrogens is 342 g/mol. The van der Waals surface area contributed by atoms with Crippen molar-refractivity contribution in [2.45, 2.75) is 18.6 Å². The normalized spacial score (nSPS) is 21.9. The van der Waals surface area contributed by atoms with Crippen molar-refractivity contribution in [1.82, 2.24) is 4.90 Å². The molecule has 0 saturated carbocycles. The van der Waals surface area contributed by atoms with Crippen molar-refractivity contribution in [3.8, 4) is 11.1 Å². The Balaban J connectivity index is 1.78. The van der Waals surface area contributed by atoms with E-state index >= 15 is 0 Å². The quantitative estimate of drug-likeness (QED) is 0.898. The molecule has 4 rings (SSSR count). The largest absolute Gasteiger partial charge is 0.379 e. The monoisotopic (exact) mass is 358 g/mol. The molecule has 0 bridgehead atoms. The number of ether oxygens (including phenoxy) is 1. The zero-order chi connectivity index (χ0) is 18.4. The minimum atomic E-state index is -0.714. The van der Waals surface area contributed by atoms with Crippen LogP contribution < -0.4 is 5.32 Å². The Morgan fingerprint density at radius 3 is 2.65 bits per heavy atom. The lowest BCUT2D eigenvalue weighted by atomic mass is 10.0. The minimum absolute atomic E-state index is 0.185. The SMILES string of the molecule is CO[C@@H]1CCN2C(=O)c3cc(-c4ccc(F)cc4F)ccc3NC(=O)[C@H]12. The Labute approximate surface area is 148 Å². The van der Waals surface area contributed by atoms with Crippen LogP contribution in [0.5, 0.6) is 0 Å². The van der Waals surface area contributed by atoms with Crippen molar-refractivity contribution in [2.75, 3.05) is 19.0 Å². The number of hydrogen-bond acceptors (Lipinski definition) is 3. The topological polar surface area (TPSA) is 58.6 Å². The third kappa shape index (κ3) is 2.55. The van der Waals surface area contributed by atoms with Gasteiger partial charge in [-0.2, -0.15) is 0 Å². The Bertz CT molecular complexity index is 916. The maximum absolute atomic E-state index is 14.1. The molecule has 134 valence electrons. The summed E-state index contributed by atoms with van der Waals surface area (Å²) in [5, 5.41) is 2.76. The summed E-state index contributed by atoms with van der Waals surface area (Å²) in [4.78, 5) is 27.0. The van der Waals surface area contributed by atoms with Crippen molar-refractivity contribution >= 4 is 17.5 Å². The van der Waals surface area contributed by atoms with E-state index in [4.69, 9.17) is 4.74 Å². The number of fused-ring (bicyclic) bond motifs is 2. The lowest BCUT2D eigenvalue weighted by Gasteiger charge is -2.23. The Kier molecular flexibility index (Phi) is 3.96. The Morgan fingerprint density at radius 2 is 1.92 bits per heavy atom. The molecule has 1 N–H and O–H groups in total. The third-order valence-electron chi connectivity index (χ3n) is 4.92. The average Bonchev–Trinajstić information content (AvgIpc) is 3.02. The summed E-state index contributed by atoms with van der Waals surface area (Å²) in [6.45, 7) is 0.407. The van der Waals surface area contributed by atoms with Gasteiger partial charge in [0.05, 0.1) is 17.4 Å². The molecule has 5 nitrogen and oxygen atoms in total. The first-order valence-electron chi connectivity index (χ1n) is 8.23. The van der Waals surface area contributed by atoms with Crippen molar-refractivity contribution < 1.29 is 23.1 Å². The molecule has 2 aliphatic heterocycles. The first kappa shape index (κ1) is 16.7. The van der Waals surface area contributed by atoms with Crippen LogP contribution in [0.3, 0.4) is 0 Å². The molecule has 2 heterocycles. The van der Waals surface area contributed by atoms with E-state index in [1.165, 1.54) is 24.1 Å². The highest BCUT2D eigenvalue weighted by Crippen LogP contribution is 2.33. The zero-order valence-electron chi connectivity index (χ0n) is 14.0. The fraction of sp³-hybridized carbons (Fsp3) is 0.263. The van der Waals surface area contributed by atoms with Crippen LogP contribution in [0.25, 0.3) is 11.1 Å². The second-order valence-electron chi connectivity index (χ2n) is 6.38. The van der Waals surface area contributed by atoms with Crippen molar-refractivity contribution in [1.29, 1.82) is 0 Å². The summed E-state index contributed by atoms with van der Waals surface area (Å²) < 4.78 is 32.6. The van der Waals surface area contributed by atoms with Crippen molar-refractivity contribution in [3.63, 3.8) is 0 Å². The summed E-state index contributed by atoms with van der Waals surface area (Å²) in [6, 6.07) is 7.27. The molecule has 7 heteroatoms. The molecular formula is C19H16F2N2O3. The van der Waals surface area contributed by atoms with Crippen molar-refractivity contribution in [2.24, 2.45) is 0 Å². The number of carbonyl (C=O) groups is 2. The Morgan fingerprint density at radius 1 is 1.12 bits per heavy atom. The number of nitrogens with zero attached hydrogens (tertiary/aromatic N) is 1. The summed E-state index contributed by atoms with van der Waals surface area (Å²) >= 11 is 0. The van der Waals surface area contributed by atoms with Crippen LogP contribution in [-0.4, -0.2) is 42.5 Å². The molecule has 2 atom stereocenters. The van der Waals surface area contributed by atoms with E-state index in [2.05, 4.69) is 5.32 Å². The number of carbonyl (C=O) groups excluding carboxylic acids is 2. The predicted octanol–water partition coefficient (Wildman–Crippen LogP) is 2.81. The van der Waals surface area contributed by atoms with Gasteiger partial charge >= 0.3 is 0 Å². The van der Waals surface area contributed by atoms with Crippen LogP contribution in [0, 0.1) is 11.6 Å². The summed E-state index contributed by atoms with van der Waals surface area (Å²) in [7, 11) is 1.51. The zero-order valence-corrected chi connectivity index (χ0v) is 14.0. The van der Waals surface area contributed by atoms with E-state index in [1.54, 1.807) is 12.1 Å². The molecule has 1 saturated heterocycles. The highest BCUT2D eigenvalue weighted by molar-refractivity contribution is 6.11. The molecule has 0 radical (unpaired) electrons. The molecule has 26 heavy (non-hydrogen) atoms. The molecule has 0 spiro atoms. The van der Waals surface area contributed by atoms with E-state index in [-0.39, 0.29) is 29.0 Å². The first-order valence-corrected chi connectivity index (χ1v) is 8.23. The van der Waals surface area contributed by atoms with Crippen LogP contribution in [0.2, 0.25) is 0 Å². The van der Waals surface area contributed by atoms with Gasteiger partial charge in [-0.1, -0.05) is 6.07 Å². The van der Waals surface area contributed by atoms with Gasteiger partial charge in [0.2, 0.25) is 5.91 Å². The fourth-order valence-electron chi connectivity index (χ4n) is 3.63. The average molecular weight is 358 g/mol. The fourth-order valence-corrected chi connectivity index (χ4v) is 3.63. The lowest BCUT2D eigenvalue weighted by Crippen LogP contribution is -2.46. The molecule has 1 fully saturated rings. The molecule has 0 aromatic heterocycles.